The molecule has 0 fully saturated rings. The van der Waals surface area contributed by atoms with Gasteiger partial charge in [0.15, 0.2) is 15.4 Å². The second kappa shape index (κ2) is 9.40. The number of rotatable bonds is 6. The Kier molecular flexibility index (Phi) is 7.03. The zero-order chi connectivity index (χ0) is 23.5. The fraction of sp³-hybridized carbons (Fsp3) is 0.100. The summed E-state index contributed by atoms with van der Waals surface area (Å²) in [6.07, 6.45) is 2.12. The summed E-state index contributed by atoms with van der Waals surface area (Å²) in [4.78, 5) is 20.4. The van der Waals surface area contributed by atoms with Crippen LogP contribution in [0.5, 0.6) is 0 Å². The largest absolute Gasteiger partial charge is 0.374 e. The molecule has 32 heavy (non-hydrogen) atoms. The molecular formula is C20H13Cl3N4O4S. The van der Waals surface area contributed by atoms with E-state index in [4.69, 9.17) is 40.1 Å². The van der Waals surface area contributed by atoms with Crippen LogP contribution in [0.3, 0.4) is 0 Å². The van der Waals surface area contributed by atoms with E-state index in [1.165, 1.54) is 42.5 Å². The maximum atomic E-state index is 13.1. The quantitative estimate of drug-likeness (QED) is 0.483. The van der Waals surface area contributed by atoms with Crippen LogP contribution in [-0.2, 0) is 20.2 Å². The average Bonchev–Trinajstić information content (AvgIpc) is 2.74. The number of sulfone groups is 1. The molecule has 1 atom stereocenters. The molecule has 12 heteroatoms. The van der Waals surface area contributed by atoms with Gasteiger partial charge in [0, 0.05) is 23.6 Å². The van der Waals surface area contributed by atoms with Crippen LogP contribution in [0.4, 0.5) is 5.69 Å². The molecule has 0 bridgehead atoms. The summed E-state index contributed by atoms with van der Waals surface area (Å²) in [5.74, 6) is -2.09. The van der Waals surface area contributed by atoms with E-state index in [1.54, 1.807) is 0 Å². The summed E-state index contributed by atoms with van der Waals surface area (Å²) in [5.41, 5.74) is -2.34. The van der Waals surface area contributed by atoms with Gasteiger partial charge in [0.25, 0.3) is 5.91 Å². The molecule has 0 aliphatic rings. The predicted molar refractivity (Wildman–Crippen MR) is 119 cm³/mol. The van der Waals surface area contributed by atoms with Gasteiger partial charge >= 0.3 is 0 Å². The van der Waals surface area contributed by atoms with Crippen molar-refractivity contribution in [1.29, 1.82) is 5.26 Å². The molecule has 0 aliphatic carbocycles. The van der Waals surface area contributed by atoms with Crippen molar-refractivity contribution in [2.45, 2.75) is 10.5 Å². The highest BCUT2D eigenvalue weighted by Crippen LogP contribution is 2.29. The topological polar surface area (TPSA) is 133 Å². The van der Waals surface area contributed by atoms with Gasteiger partial charge in [0.1, 0.15) is 16.4 Å². The molecule has 0 radical (unpaired) electrons. The number of aliphatic hydroxyl groups is 1. The maximum absolute atomic E-state index is 13.1. The van der Waals surface area contributed by atoms with Crippen molar-refractivity contribution in [3.63, 3.8) is 0 Å². The van der Waals surface area contributed by atoms with E-state index in [9.17, 15) is 18.3 Å². The van der Waals surface area contributed by atoms with E-state index in [2.05, 4.69) is 15.3 Å². The first-order valence-electron chi connectivity index (χ1n) is 8.75. The third-order valence-electron chi connectivity index (χ3n) is 4.39. The van der Waals surface area contributed by atoms with Gasteiger partial charge in [-0.2, -0.15) is 5.26 Å². The lowest BCUT2D eigenvalue weighted by atomic mass is 9.96. The number of carbonyl (C=O) groups excluding carboxylic acids is 1. The van der Waals surface area contributed by atoms with Crippen LogP contribution >= 0.6 is 34.8 Å². The SMILES string of the molecule is N#Cc1ccc(NC(=O)C(O)(CS(=O)(=O)c2ccc(Cl)nc2)c2ccc(Cl)nc2)cc1Cl. The van der Waals surface area contributed by atoms with Crippen LogP contribution in [0.25, 0.3) is 0 Å². The molecule has 0 saturated heterocycles. The van der Waals surface area contributed by atoms with Crippen molar-refractivity contribution in [2.24, 2.45) is 0 Å². The van der Waals surface area contributed by atoms with Crippen LogP contribution < -0.4 is 5.32 Å². The standard InChI is InChI=1S/C20H13Cl3N4O4S/c21-16-7-14(3-1-12(16)8-24)27-19(28)20(29,13-2-5-17(22)25-9-13)11-32(30,31)15-4-6-18(23)26-10-15/h1-7,9-10,29H,11H2,(H,27,28). The zero-order valence-corrected chi connectivity index (χ0v) is 19.0. The molecule has 2 N–H and O–H groups in total. The summed E-state index contributed by atoms with van der Waals surface area (Å²) in [5, 5.41) is 23.0. The van der Waals surface area contributed by atoms with Gasteiger partial charge in [-0.05, 0) is 36.4 Å². The van der Waals surface area contributed by atoms with Gasteiger partial charge in [0.05, 0.1) is 21.2 Å². The zero-order valence-electron chi connectivity index (χ0n) is 16.0. The number of hydrogen-bond acceptors (Lipinski definition) is 7. The Morgan fingerprint density at radius 3 is 2.25 bits per heavy atom. The highest BCUT2D eigenvalue weighted by atomic mass is 35.5. The fourth-order valence-corrected chi connectivity index (χ4v) is 4.67. The first-order valence-corrected chi connectivity index (χ1v) is 11.5. The minimum atomic E-state index is -4.21. The summed E-state index contributed by atoms with van der Waals surface area (Å²) < 4.78 is 25.9. The van der Waals surface area contributed by atoms with Gasteiger partial charge in [-0.1, -0.05) is 40.9 Å². The predicted octanol–water partition coefficient (Wildman–Crippen LogP) is 3.61. The Bertz CT molecular complexity index is 1310. The van der Waals surface area contributed by atoms with E-state index in [0.717, 1.165) is 12.4 Å². The number of anilines is 1. The molecule has 0 saturated carbocycles. The van der Waals surface area contributed by atoms with Crippen LogP contribution in [0.15, 0.2) is 59.8 Å². The number of nitriles is 1. The molecule has 3 rings (SSSR count). The van der Waals surface area contributed by atoms with Gasteiger partial charge in [-0.15, -0.1) is 0 Å². The Morgan fingerprint density at radius 1 is 1.06 bits per heavy atom. The number of hydrogen-bond donors (Lipinski definition) is 2. The molecule has 3 aromatic rings. The first-order chi connectivity index (χ1) is 15.0. The Balaban J connectivity index is 2.02. The number of nitrogens with one attached hydrogen (secondary N) is 1. The van der Waals surface area contributed by atoms with E-state index >= 15 is 0 Å². The average molecular weight is 512 g/mol. The number of carbonyl (C=O) groups is 1. The molecule has 2 heterocycles. The minimum Gasteiger partial charge on any atom is -0.374 e. The molecule has 2 aromatic heterocycles. The number of halogens is 3. The molecule has 1 unspecified atom stereocenters. The highest BCUT2D eigenvalue weighted by molar-refractivity contribution is 7.91. The van der Waals surface area contributed by atoms with Gasteiger partial charge in [-0.25, -0.2) is 18.4 Å². The lowest BCUT2D eigenvalue weighted by Gasteiger charge is -2.27. The molecule has 0 spiro atoms. The van der Waals surface area contributed by atoms with Crippen LogP contribution in [0.2, 0.25) is 15.3 Å². The van der Waals surface area contributed by atoms with Gasteiger partial charge in [0.2, 0.25) is 0 Å². The summed E-state index contributed by atoms with van der Waals surface area (Å²) in [7, 11) is -4.21. The summed E-state index contributed by atoms with van der Waals surface area (Å²) in [6, 6.07) is 11.0. The maximum Gasteiger partial charge on any atom is 0.262 e. The lowest BCUT2D eigenvalue weighted by molar-refractivity contribution is -0.132. The van der Waals surface area contributed by atoms with Gasteiger partial charge < -0.3 is 10.4 Å². The van der Waals surface area contributed by atoms with Crippen molar-refractivity contribution in [3.8, 4) is 6.07 Å². The number of pyridine rings is 2. The number of nitrogens with zero attached hydrogens (tertiary/aromatic N) is 3. The van der Waals surface area contributed by atoms with E-state index in [1.807, 2.05) is 6.07 Å². The highest BCUT2D eigenvalue weighted by Gasteiger charge is 2.43. The van der Waals surface area contributed by atoms with Crippen LogP contribution in [-0.4, -0.2) is 35.2 Å². The smallest absolute Gasteiger partial charge is 0.262 e. The molecule has 1 aromatic carbocycles. The van der Waals surface area contributed by atoms with Crippen molar-refractivity contribution in [2.75, 3.05) is 11.1 Å². The molecule has 164 valence electrons. The second-order valence-corrected chi connectivity index (χ2v) is 9.74. The minimum absolute atomic E-state index is 0.0712. The summed E-state index contributed by atoms with van der Waals surface area (Å²) >= 11 is 17.5. The fourth-order valence-electron chi connectivity index (χ4n) is 2.72. The van der Waals surface area contributed by atoms with E-state index < -0.39 is 27.1 Å². The van der Waals surface area contributed by atoms with Crippen LogP contribution in [0.1, 0.15) is 11.1 Å². The Hall–Kier alpha value is -2.74. The third kappa shape index (κ3) is 5.18. The normalized spacial score (nSPS) is 13.1. The van der Waals surface area contributed by atoms with Crippen LogP contribution in [0, 0.1) is 11.3 Å². The van der Waals surface area contributed by atoms with E-state index in [0.29, 0.717) is 0 Å². The molecule has 8 nitrogen and oxygen atoms in total. The number of benzene rings is 1. The monoisotopic (exact) mass is 510 g/mol. The van der Waals surface area contributed by atoms with Gasteiger partial charge in [-0.3, -0.25) is 4.79 Å². The first kappa shape index (κ1) is 23.9. The molecular weight excluding hydrogens is 499 g/mol. The van der Waals surface area contributed by atoms with E-state index in [-0.39, 0.29) is 37.0 Å². The number of aromatic nitrogens is 2. The second-order valence-electron chi connectivity index (χ2n) is 6.57. The van der Waals surface area contributed by atoms with Crippen molar-refractivity contribution >= 4 is 56.2 Å². The lowest BCUT2D eigenvalue weighted by Crippen LogP contribution is -2.46. The Morgan fingerprint density at radius 2 is 1.72 bits per heavy atom. The number of amides is 1. The third-order valence-corrected chi connectivity index (χ3v) is 6.90. The van der Waals surface area contributed by atoms with Crippen molar-refractivity contribution in [3.05, 3.63) is 81.3 Å². The van der Waals surface area contributed by atoms with Crippen molar-refractivity contribution < 1.29 is 18.3 Å². The Labute approximate surface area is 198 Å². The summed E-state index contributed by atoms with van der Waals surface area (Å²) in [6.45, 7) is 0. The van der Waals surface area contributed by atoms with Crippen molar-refractivity contribution in [1.82, 2.24) is 9.97 Å². The molecule has 0 aliphatic heterocycles. The molecule has 1 amide bonds.